The van der Waals surface area contributed by atoms with Crippen LogP contribution in [0, 0.1) is 6.92 Å². The third-order valence-electron chi connectivity index (χ3n) is 7.23. The van der Waals surface area contributed by atoms with Crippen LogP contribution in [0.3, 0.4) is 0 Å². The number of H-pyrrole nitrogens is 1. The van der Waals surface area contributed by atoms with E-state index in [1.807, 2.05) is 61.7 Å². The standard InChI is InChI=1S/C30H31N7O2/c1-21-11-12-24-16-26(30(38)32-27(24)15-21)28(29-33-34-35-37(29)20-25-10-6-14-39-25)36(18-22-7-3-2-4-8-22)19-23-9-5-13-31-17-23/h2-5,7-9,11-13,15-17,25,28H,6,10,14,18-20H2,1H3,(H,32,38)/t25-,28+/m1/s1. The van der Waals surface area contributed by atoms with E-state index >= 15 is 0 Å². The molecule has 2 aromatic carbocycles. The molecule has 5 aromatic rings. The number of nitrogens with one attached hydrogen (secondary N) is 1. The molecule has 0 aliphatic carbocycles. The summed E-state index contributed by atoms with van der Waals surface area (Å²) in [7, 11) is 0. The van der Waals surface area contributed by atoms with Gasteiger partial charge in [-0.25, -0.2) is 4.68 Å². The highest BCUT2D eigenvalue weighted by molar-refractivity contribution is 5.79. The summed E-state index contributed by atoms with van der Waals surface area (Å²) < 4.78 is 7.71. The van der Waals surface area contributed by atoms with Crippen molar-refractivity contribution in [3.63, 3.8) is 0 Å². The molecule has 6 rings (SSSR count). The Labute approximate surface area is 226 Å². The number of aryl methyl sites for hydroxylation is 1. The van der Waals surface area contributed by atoms with Gasteiger partial charge >= 0.3 is 0 Å². The highest BCUT2D eigenvalue weighted by atomic mass is 16.5. The zero-order valence-corrected chi connectivity index (χ0v) is 21.9. The number of rotatable bonds is 9. The van der Waals surface area contributed by atoms with Gasteiger partial charge in [0.15, 0.2) is 5.82 Å². The normalized spacial score (nSPS) is 16.2. The molecule has 1 aliphatic rings. The minimum atomic E-state index is -0.517. The van der Waals surface area contributed by atoms with Crippen LogP contribution in [-0.4, -0.2) is 47.8 Å². The molecule has 0 amide bonds. The number of nitrogens with zero attached hydrogens (tertiary/aromatic N) is 6. The monoisotopic (exact) mass is 521 g/mol. The van der Waals surface area contributed by atoms with E-state index in [1.165, 1.54) is 0 Å². The van der Waals surface area contributed by atoms with Gasteiger partial charge in [0.25, 0.3) is 5.56 Å². The fourth-order valence-corrected chi connectivity index (χ4v) is 5.34. The second kappa shape index (κ2) is 11.3. The maximum Gasteiger partial charge on any atom is 0.253 e. The van der Waals surface area contributed by atoms with Crippen LogP contribution in [-0.2, 0) is 24.4 Å². The number of aromatic nitrogens is 6. The van der Waals surface area contributed by atoms with Gasteiger partial charge in [-0.05, 0) is 70.5 Å². The lowest BCUT2D eigenvalue weighted by Gasteiger charge is -2.31. The van der Waals surface area contributed by atoms with Crippen molar-refractivity contribution in [2.75, 3.05) is 6.61 Å². The first-order chi connectivity index (χ1) is 19.1. The van der Waals surface area contributed by atoms with Gasteiger partial charge in [-0.1, -0.05) is 48.5 Å². The molecule has 198 valence electrons. The fraction of sp³-hybridized carbons (Fsp3) is 0.300. The van der Waals surface area contributed by atoms with Crippen LogP contribution in [0.5, 0.6) is 0 Å². The maximum atomic E-state index is 13.7. The molecule has 9 nitrogen and oxygen atoms in total. The molecule has 0 unspecified atom stereocenters. The predicted octanol–water partition coefficient (Wildman–Crippen LogP) is 4.19. The van der Waals surface area contributed by atoms with Gasteiger partial charge in [0.1, 0.15) is 6.04 Å². The molecule has 0 saturated carbocycles. The van der Waals surface area contributed by atoms with Gasteiger partial charge in [-0.2, -0.15) is 0 Å². The summed E-state index contributed by atoms with van der Waals surface area (Å²) in [5, 5.41) is 13.9. The molecule has 39 heavy (non-hydrogen) atoms. The largest absolute Gasteiger partial charge is 0.376 e. The van der Waals surface area contributed by atoms with E-state index in [2.05, 4.69) is 48.6 Å². The molecule has 4 heterocycles. The lowest BCUT2D eigenvalue weighted by atomic mass is 10.0. The van der Waals surface area contributed by atoms with Crippen molar-refractivity contribution in [2.45, 2.75) is 51.5 Å². The number of pyridine rings is 2. The van der Waals surface area contributed by atoms with E-state index in [4.69, 9.17) is 4.74 Å². The third kappa shape index (κ3) is 5.64. The average Bonchev–Trinajstić information content (AvgIpc) is 3.63. The number of fused-ring (bicyclic) bond motifs is 1. The van der Waals surface area contributed by atoms with Crippen LogP contribution in [0.25, 0.3) is 10.9 Å². The molecular formula is C30H31N7O2. The maximum absolute atomic E-state index is 13.7. The second-order valence-corrected chi connectivity index (χ2v) is 10.2. The molecule has 1 aliphatic heterocycles. The van der Waals surface area contributed by atoms with E-state index in [9.17, 15) is 4.79 Å². The van der Waals surface area contributed by atoms with Gasteiger partial charge in [-0.3, -0.25) is 14.7 Å². The Morgan fingerprint density at radius 3 is 2.72 bits per heavy atom. The Kier molecular flexibility index (Phi) is 7.25. The first-order valence-corrected chi connectivity index (χ1v) is 13.3. The molecule has 1 saturated heterocycles. The van der Waals surface area contributed by atoms with E-state index in [0.29, 0.717) is 31.0 Å². The molecule has 0 spiro atoms. The molecular weight excluding hydrogens is 490 g/mol. The predicted molar refractivity (Wildman–Crippen MR) is 148 cm³/mol. The van der Waals surface area contributed by atoms with Crippen LogP contribution in [0.4, 0.5) is 0 Å². The van der Waals surface area contributed by atoms with Gasteiger partial charge < -0.3 is 9.72 Å². The highest BCUT2D eigenvalue weighted by Crippen LogP contribution is 2.30. The Bertz CT molecular complexity index is 1550. The van der Waals surface area contributed by atoms with Gasteiger partial charge in [-0.15, -0.1) is 5.10 Å². The Hall–Kier alpha value is -4.21. The Morgan fingerprint density at radius 1 is 1.08 bits per heavy atom. The van der Waals surface area contributed by atoms with Gasteiger partial charge in [0, 0.05) is 43.2 Å². The average molecular weight is 522 g/mol. The number of hydrogen-bond acceptors (Lipinski definition) is 7. The van der Waals surface area contributed by atoms with Crippen molar-refractivity contribution in [3.8, 4) is 0 Å². The number of ether oxygens (including phenoxy) is 1. The smallest absolute Gasteiger partial charge is 0.253 e. The minimum absolute atomic E-state index is 0.0478. The summed E-state index contributed by atoms with van der Waals surface area (Å²) in [5.74, 6) is 0.613. The Morgan fingerprint density at radius 2 is 1.92 bits per heavy atom. The molecule has 3 aromatic heterocycles. The van der Waals surface area contributed by atoms with Crippen molar-refractivity contribution >= 4 is 10.9 Å². The number of aromatic amines is 1. The summed E-state index contributed by atoms with van der Waals surface area (Å²) in [5.41, 5.74) is 4.49. The fourth-order valence-electron chi connectivity index (χ4n) is 5.34. The van der Waals surface area contributed by atoms with Gasteiger partial charge in [0.2, 0.25) is 0 Å². The molecule has 0 bridgehead atoms. The van der Waals surface area contributed by atoms with Crippen LogP contribution >= 0.6 is 0 Å². The van der Waals surface area contributed by atoms with Crippen molar-refractivity contribution < 1.29 is 4.74 Å². The lowest BCUT2D eigenvalue weighted by molar-refractivity contribution is 0.0903. The zero-order chi connectivity index (χ0) is 26.6. The molecule has 9 heteroatoms. The van der Waals surface area contributed by atoms with Crippen LogP contribution in [0.1, 0.15) is 47.0 Å². The topological polar surface area (TPSA) is 102 Å². The van der Waals surface area contributed by atoms with Gasteiger partial charge in [0.05, 0.1) is 12.6 Å². The summed E-state index contributed by atoms with van der Waals surface area (Å²) in [6.45, 7) is 4.43. The summed E-state index contributed by atoms with van der Waals surface area (Å²) in [6.07, 6.45) is 5.66. The van der Waals surface area contributed by atoms with Crippen molar-refractivity contribution in [3.05, 3.63) is 118 Å². The van der Waals surface area contributed by atoms with Crippen molar-refractivity contribution in [1.29, 1.82) is 0 Å². The SMILES string of the molecule is Cc1ccc2cc([C@@H](c3nnnn3C[C@H]3CCCO3)N(Cc3ccccc3)Cc3cccnc3)c(=O)[nH]c2c1. The number of hydrogen-bond donors (Lipinski definition) is 1. The third-order valence-corrected chi connectivity index (χ3v) is 7.23. The molecule has 2 atom stereocenters. The first-order valence-electron chi connectivity index (χ1n) is 13.3. The highest BCUT2D eigenvalue weighted by Gasteiger charge is 2.32. The summed E-state index contributed by atoms with van der Waals surface area (Å²) >= 11 is 0. The molecule has 0 radical (unpaired) electrons. The number of tetrazole rings is 1. The molecule has 1 N–H and O–H groups in total. The number of benzene rings is 2. The summed E-state index contributed by atoms with van der Waals surface area (Å²) in [4.78, 5) is 23.4. The van der Waals surface area contributed by atoms with Crippen LogP contribution in [0.15, 0.2) is 83.9 Å². The summed E-state index contributed by atoms with van der Waals surface area (Å²) in [6, 6.07) is 21.8. The zero-order valence-electron chi connectivity index (χ0n) is 21.9. The molecule has 1 fully saturated rings. The van der Waals surface area contributed by atoms with E-state index < -0.39 is 6.04 Å². The van der Waals surface area contributed by atoms with E-state index in [1.54, 1.807) is 10.9 Å². The minimum Gasteiger partial charge on any atom is -0.376 e. The quantitative estimate of drug-likeness (QED) is 0.310. The first kappa shape index (κ1) is 25.1. The van der Waals surface area contributed by atoms with Crippen molar-refractivity contribution in [2.24, 2.45) is 0 Å². The van der Waals surface area contributed by atoms with E-state index in [-0.39, 0.29) is 11.7 Å². The second-order valence-electron chi connectivity index (χ2n) is 10.2. The van der Waals surface area contributed by atoms with Crippen LogP contribution < -0.4 is 5.56 Å². The van der Waals surface area contributed by atoms with Crippen molar-refractivity contribution in [1.82, 2.24) is 35.1 Å². The lowest BCUT2D eigenvalue weighted by Crippen LogP contribution is -2.35. The van der Waals surface area contributed by atoms with E-state index in [0.717, 1.165) is 47.0 Å². The Balaban J connectivity index is 1.50. The van der Waals surface area contributed by atoms with Crippen LogP contribution in [0.2, 0.25) is 0 Å².